The van der Waals surface area contributed by atoms with Crippen molar-refractivity contribution in [3.05, 3.63) is 71.3 Å². The third-order valence-corrected chi connectivity index (χ3v) is 3.58. The number of benzene rings is 2. The van der Waals surface area contributed by atoms with E-state index in [9.17, 15) is 22.8 Å². The zero-order chi connectivity index (χ0) is 19.5. The number of nitrogens with one attached hydrogen (secondary N) is 1. The first-order valence-corrected chi connectivity index (χ1v) is 7.88. The summed E-state index contributed by atoms with van der Waals surface area (Å²) in [7, 11) is 0. The zero-order valence-corrected chi connectivity index (χ0v) is 14.6. The molecule has 0 fully saturated rings. The number of hydrazine groups is 1. The molecule has 4 nitrogen and oxygen atoms in total. The molecular weight excluding hydrogens is 345 g/mol. The van der Waals surface area contributed by atoms with Crippen LogP contribution in [0.4, 0.5) is 13.2 Å². The molecule has 0 aliphatic rings. The normalized spacial score (nSPS) is 11.8. The van der Waals surface area contributed by atoms with Gasteiger partial charge >= 0.3 is 6.18 Å². The van der Waals surface area contributed by atoms with Crippen LogP contribution in [0, 0.1) is 0 Å². The molecule has 0 heterocycles. The van der Waals surface area contributed by atoms with Crippen LogP contribution in [0.25, 0.3) is 0 Å². The molecule has 1 N–H and O–H groups in total. The van der Waals surface area contributed by atoms with Crippen LogP contribution in [-0.2, 0) is 6.18 Å². The van der Waals surface area contributed by atoms with Crippen molar-refractivity contribution in [1.29, 1.82) is 0 Å². The summed E-state index contributed by atoms with van der Waals surface area (Å²) in [5, 5.41) is 1.17. The van der Waals surface area contributed by atoms with Gasteiger partial charge in [0.2, 0.25) is 0 Å². The standard InChI is InChI=1S/C19H19F3N2O2/c1-18(2,3)24(17(26)14-7-5-4-6-8-14)23-16(25)13-9-11-15(12-10-13)19(20,21)22/h4-12H,1-3H3,(H,23,25). The van der Waals surface area contributed by atoms with Crippen LogP contribution >= 0.6 is 0 Å². The SMILES string of the molecule is CC(C)(C)N(NC(=O)c1ccc(C(F)(F)F)cc1)C(=O)c1ccccc1. The predicted molar refractivity (Wildman–Crippen MR) is 91.3 cm³/mol. The average Bonchev–Trinajstić information content (AvgIpc) is 2.58. The highest BCUT2D eigenvalue weighted by atomic mass is 19.4. The van der Waals surface area contributed by atoms with Gasteiger partial charge in [-0.1, -0.05) is 18.2 Å². The Morgan fingerprint density at radius 1 is 0.846 bits per heavy atom. The number of nitrogens with zero attached hydrogens (tertiary/aromatic N) is 1. The highest BCUT2D eigenvalue weighted by Gasteiger charge is 2.31. The van der Waals surface area contributed by atoms with E-state index in [0.29, 0.717) is 5.56 Å². The molecular formula is C19H19F3N2O2. The predicted octanol–water partition coefficient (Wildman–Crippen LogP) is 4.29. The molecule has 2 aromatic carbocycles. The van der Waals surface area contributed by atoms with Crippen LogP contribution in [0.15, 0.2) is 54.6 Å². The molecule has 2 rings (SSSR count). The molecule has 0 aliphatic carbocycles. The molecule has 0 saturated carbocycles. The highest BCUT2D eigenvalue weighted by Crippen LogP contribution is 2.29. The Morgan fingerprint density at radius 2 is 1.38 bits per heavy atom. The minimum absolute atomic E-state index is 0.0214. The lowest BCUT2D eigenvalue weighted by Gasteiger charge is -2.35. The first kappa shape index (κ1) is 19.5. The maximum absolute atomic E-state index is 12.7. The van der Waals surface area contributed by atoms with Crippen molar-refractivity contribution < 1.29 is 22.8 Å². The quantitative estimate of drug-likeness (QED) is 0.808. The smallest absolute Gasteiger partial charge is 0.267 e. The van der Waals surface area contributed by atoms with Crippen molar-refractivity contribution in [3.8, 4) is 0 Å². The van der Waals surface area contributed by atoms with E-state index in [1.165, 1.54) is 5.01 Å². The van der Waals surface area contributed by atoms with Gasteiger partial charge in [-0.2, -0.15) is 13.2 Å². The summed E-state index contributed by atoms with van der Waals surface area (Å²) in [5.74, 6) is -1.09. The van der Waals surface area contributed by atoms with Crippen molar-refractivity contribution in [3.63, 3.8) is 0 Å². The Balaban J connectivity index is 2.23. The molecule has 0 atom stereocenters. The molecule has 0 saturated heterocycles. The molecule has 2 aromatic rings. The second-order valence-corrected chi connectivity index (χ2v) is 6.69. The summed E-state index contributed by atoms with van der Waals surface area (Å²) < 4.78 is 37.9. The maximum atomic E-state index is 12.7. The first-order chi connectivity index (χ1) is 12.0. The van der Waals surface area contributed by atoms with Crippen molar-refractivity contribution in [2.75, 3.05) is 0 Å². The van der Waals surface area contributed by atoms with Gasteiger partial charge in [0, 0.05) is 11.1 Å². The lowest BCUT2D eigenvalue weighted by molar-refractivity contribution is -0.137. The minimum Gasteiger partial charge on any atom is -0.267 e. The number of hydrogen-bond donors (Lipinski definition) is 1. The highest BCUT2D eigenvalue weighted by molar-refractivity contribution is 5.99. The molecule has 0 spiro atoms. The van der Waals surface area contributed by atoms with E-state index in [-0.39, 0.29) is 5.56 Å². The van der Waals surface area contributed by atoms with E-state index in [0.717, 1.165) is 24.3 Å². The van der Waals surface area contributed by atoms with Crippen molar-refractivity contribution >= 4 is 11.8 Å². The summed E-state index contributed by atoms with van der Waals surface area (Å²) in [6.07, 6.45) is -4.48. The monoisotopic (exact) mass is 364 g/mol. The average molecular weight is 364 g/mol. The Morgan fingerprint density at radius 3 is 1.85 bits per heavy atom. The molecule has 0 bridgehead atoms. The van der Waals surface area contributed by atoms with Gasteiger partial charge in [0.1, 0.15) is 0 Å². The molecule has 2 amide bonds. The Kier molecular flexibility index (Phi) is 5.39. The van der Waals surface area contributed by atoms with Gasteiger partial charge in [-0.15, -0.1) is 0 Å². The number of amides is 2. The molecule has 0 radical (unpaired) electrons. The van der Waals surface area contributed by atoms with E-state index in [1.54, 1.807) is 51.1 Å². The number of rotatable bonds is 2. The van der Waals surface area contributed by atoms with Crippen LogP contribution in [0.1, 0.15) is 47.1 Å². The second-order valence-electron chi connectivity index (χ2n) is 6.69. The van der Waals surface area contributed by atoms with Crippen LogP contribution in [0.3, 0.4) is 0 Å². The summed E-state index contributed by atoms with van der Waals surface area (Å²) in [6, 6.07) is 12.2. The van der Waals surface area contributed by atoms with Gasteiger partial charge in [-0.25, -0.2) is 5.01 Å². The van der Waals surface area contributed by atoms with Crippen LogP contribution in [0.5, 0.6) is 0 Å². The van der Waals surface area contributed by atoms with Gasteiger partial charge in [0.05, 0.1) is 11.1 Å². The zero-order valence-electron chi connectivity index (χ0n) is 14.6. The van der Waals surface area contributed by atoms with E-state index in [4.69, 9.17) is 0 Å². The van der Waals surface area contributed by atoms with E-state index in [1.807, 2.05) is 0 Å². The topological polar surface area (TPSA) is 49.4 Å². The van der Waals surface area contributed by atoms with Crippen molar-refractivity contribution in [1.82, 2.24) is 10.4 Å². The first-order valence-electron chi connectivity index (χ1n) is 7.88. The van der Waals surface area contributed by atoms with Crippen molar-refractivity contribution in [2.45, 2.75) is 32.5 Å². The largest absolute Gasteiger partial charge is 0.416 e. The van der Waals surface area contributed by atoms with Crippen LogP contribution in [-0.4, -0.2) is 22.4 Å². The van der Waals surface area contributed by atoms with Gasteiger partial charge in [-0.05, 0) is 57.2 Å². The third-order valence-electron chi connectivity index (χ3n) is 3.58. The fourth-order valence-electron chi connectivity index (χ4n) is 2.21. The molecule has 0 aromatic heterocycles. The lowest BCUT2D eigenvalue weighted by atomic mass is 10.1. The van der Waals surface area contributed by atoms with Gasteiger partial charge < -0.3 is 0 Å². The lowest BCUT2D eigenvalue weighted by Crippen LogP contribution is -2.55. The molecule has 26 heavy (non-hydrogen) atoms. The summed E-state index contributed by atoms with van der Waals surface area (Å²) in [6.45, 7) is 5.21. The molecule has 138 valence electrons. The Hall–Kier alpha value is -2.83. The Labute approximate surface area is 149 Å². The van der Waals surface area contributed by atoms with Crippen LogP contribution < -0.4 is 5.43 Å². The molecule has 0 aliphatic heterocycles. The minimum atomic E-state index is -4.48. The fourth-order valence-corrected chi connectivity index (χ4v) is 2.21. The molecule has 0 unspecified atom stereocenters. The van der Waals surface area contributed by atoms with Crippen molar-refractivity contribution in [2.24, 2.45) is 0 Å². The summed E-state index contributed by atoms with van der Waals surface area (Å²) in [5.41, 5.74) is 1.31. The number of carbonyl (C=O) groups excluding carboxylic acids is 2. The third kappa shape index (κ3) is 4.62. The summed E-state index contributed by atoms with van der Waals surface area (Å²) in [4.78, 5) is 25.1. The fraction of sp³-hybridized carbons (Fsp3) is 0.263. The number of halogens is 3. The number of hydrogen-bond acceptors (Lipinski definition) is 2. The maximum Gasteiger partial charge on any atom is 0.416 e. The summed E-state index contributed by atoms with van der Waals surface area (Å²) >= 11 is 0. The van der Waals surface area contributed by atoms with E-state index < -0.39 is 29.1 Å². The van der Waals surface area contributed by atoms with E-state index >= 15 is 0 Å². The van der Waals surface area contributed by atoms with Crippen LogP contribution in [0.2, 0.25) is 0 Å². The van der Waals surface area contributed by atoms with Gasteiger partial charge in [-0.3, -0.25) is 15.0 Å². The molecule has 7 heteroatoms. The van der Waals surface area contributed by atoms with E-state index in [2.05, 4.69) is 5.43 Å². The number of alkyl halides is 3. The number of carbonyl (C=O) groups is 2. The van der Waals surface area contributed by atoms with Gasteiger partial charge in [0.15, 0.2) is 0 Å². The second kappa shape index (κ2) is 7.19. The Bertz CT molecular complexity index is 779. The van der Waals surface area contributed by atoms with Gasteiger partial charge in [0.25, 0.3) is 11.8 Å².